The Kier molecular flexibility index (Phi) is 4.58. The van der Waals surface area contributed by atoms with Crippen molar-refractivity contribution in [1.82, 2.24) is 19.5 Å². The second-order valence-electron chi connectivity index (χ2n) is 5.55. The molecule has 1 N–H and O–H groups in total. The summed E-state index contributed by atoms with van der Waals surface area (Å²) in [6.07, 6.45) is 6.21. The van der Waals surface area contributed by atoms with Crippen molar-refractivity contribution >= 4 is 22.4 Å². The van der Waals surface area contributed by atoms with Crippen LogP contribution in [0.15, 0.2) is 69.9 Å². The molecule has 0 spiro atoms. The summed E-state index contributed by atoms with van der Waals surface area (Å²) >= 11 is 1.30. The van der Waals surface area contributed by atoms with E-state index in [1.807, 2.05) is 17.5 Å². The molecule has 1 amide bonds. The standard InChI is InChI=1S/C18H13N5O3S/c24-16(22-18-21-14(10-27-18)12-3-1-5-19-8-12)9-23-11-20-13(7-17(23)25)15-4-2-6-26-15/h1-8,10-11H,9H2,(H,21,22,24). The Balaban J connectivity index is 1.44. The lowest BCUT2D eigenvalue weighted by Gasteiger charge is -2.05. The number of carbonyl (C=O) groups is 1. The number of rotatable bonds is 5. The highest BCUT2D eigenvalue weighted by Crippen LogP contribution is 2.24. The fourth-order valence-electron chi connectivity index (χ4n) is 2.40. The van der Waals surface area contributed by atoms with Crippen molar-refractivity contribution in [2.75, 3.05) is 5.32 Å². The van der Waals surface area contributed by atoms with Crippen molar-refractivity contribution in [3.05, 3.63) is 71.0 Å². The molecule has 4 heterocycles. The van der Waals surface area contributed by atoms with Gasteiger partial charge in [-0.25, -0.2) is 9.97 Å². The molecule has 0 aliphatic rings. The van der Waals surface area contributed by atoms with Crippen LogP contribution in [0.1, 0.15) is 0 Å². The van der Waals surface area contributed by atoms with Crippen LogP contribution in [-0.2, 0) is 11.3 Å². The molecule has 0 aromatic carbocycles. The van der Waals surface area contributed by atoms with E-state index >= 15 is 0 Å². The van der Waals surface area contributed by atoms with Crippen molar-refractivity contribution in [2.24, 2.45) is 0 Å². The third-order valence-corrected chi connectivity index (χ3v) is 4.43. The molecule has 27 heavy (non-hydrogen) atoms. The van der Waals surface area contributed by atoms with Crippen LogP contribution in [0, 0.1) is 0 Å². The van der Waals surface area contributed by atoms with E-state index in [0.717, 1.165) is 11.3 Å². The number of pyridine rings is 1. The van der Waals surface area contributed by atoms with Gasteiger partial charge >= 0.3 is 0 Å². The van der Waals surface area contributed by atoms with Gasteiger partial charge in [-0.2, -0.15) is 0 Å². The zero-order valence-corrected chi connectivity index (χ0v) is 14.7. The molecular weight excluding hydrogens is 366 g/mol. The monoisotopic (exact) mass is 379 g/mol. The lowest BCUT2D eigenvalue weighted by molar-refractivity contribution is -0.116. The quantitative estimate of drug-likeness (QED) is 0.572. The second kappa shape index (κ2) is 7.34. The van der Waals surface area contributed by atoms with Gasteiger partial charge in [0.1, 0.15) is 12.2 Å². The summed E-state index contributed by atoms with van der Waals surface area (Å²) in [6, 6.07) is 8.46. The van der Waals surface area contributed by atoms with Crippen LogP contribution < -0.4 is 10.9 Å². The number of amides is 1. The van der Waals surface area contributed by atoms with Crippen molar-refractivity contribution in [1.29, 1.82) is 0 Å². The van der Waals surface area contributed by atoms with Gasteiger partial charge in [-0.15, -0.1) is 11.3 Å². The van der Waals surface area contributed by atoms with Crippen molar-refractivity contribution < 1.29 is 9.21 Å². The van der Waals surface area contributed by atoms with Gasteiger partial charge in [-0.1, -0.05) is 0 Å². The molecule has 4 aromatic rings. The summed E-state index contributed by atoms with van der Waals surface area (Å²) in [7, 11) is 0. The number of anilines is 1. The Morgan fingerprint density at radius 3 is 2.93 bits per heavy atom. The summed E-state index contributed by atoms with van der Waals surface area (Å²) < 4.78 is 6.43. The van der Waals surface area contributed by atoms with E-state index in [-0.39, 0.29) is 18.0 Å². The summed E-state index contributed by atoms with van der Waals surface area (Å²) in [5, 5.41) is 4.97. The topological polar surface area (TPSA) is 103 Å². The molecule has 134 valence electrons. The Hall–Kier alpha value is -3.59. The fraction of sp³-hybridized carbons (Fsp3) is 0.0556. The molecule has 0 atom stereocenters. The predicted molar refractivity (Wildman–Crippen MR) is 100 cm³/mol. The highest BCUT2D eigenvalue weighted by atomic mass is 32.1. The summed E-state index contributed by atoms with van der Waals surface area (Å²) in [5.74, 6) is 0.131. The Morgan fingerprint density at radius 1 is 1.26 bits per heavy atom. The molecule has 0 bridgehead atoms. The lowest BCUT2D eigenvalue weighted by atomic mass is 10.2. The van der Waals surface area contributed by atoms with Crippen molar-refractivity contribution in [3.63, 3.8) is 0 Å². The number of thiazole rings is 1. The molecule has 9 heteroatoms. The second-order valence-corrected chi connectivity index (χ2v) is 6.40. The number of furan rings is 1. The fourth-order valence-corrected chi connectivity index (χ4v) is 3.13. The molecule has 0 saturated carbocycles. The zero-order valence-electron chi connectivity index (χ0n) is 13.9. The van der Waals surface area contributed by atoms with Crippen LogP contribution >= 0.6 is 11.3 Å². The maximum Gasteiger partial charge on any atom is 0.254 e. The van der Waals surface area contributed by atoms with Crippen LogP contribution in [-0.4, -0.2) is 25.4 Å². The van der Waals surface area contributed by atoms with Gasteiger partial charge in [0.15, 0.2) is 10.9 Å². The van der Waals surface area contributed by atoms with E-state index in [1.165, 1.54) is 34.6 Å². The maximum atomic E-state index is 12.2. The maximum absolute atomic E-state index is 12.2. The highest BCUT2D eigenvalue weighted by Gasteiger charge is 2.11. The minimum Gasteiger partial charge on any atom is -0.463 e. The van der Waals surface area contributed by atoms with Gasteiger partial charge in [0.05, 0.1) is 18.3 Å². The van der Waals surface area contributed by atoms with Gasteiger partial charge in [-0.05, 0) is 24.3 Å². The summed E-state index contributed by atoms with van der Waals surface area (Å²) in [4.78, 5) is 37.0. The number of hydrogen-bond donors (Lipinski definition) is 1. The predicted octanol–water partition coefficient (Wildman–Crippen LogP) is 2.66. The van der Waals surface area contributed by atoms with Gasteiger partial charge in [0.2, 0.25) is 5.91 Å². The first-order chi connectivity index (χ1) is 13.2. The minimum atomic E-state index is -0.364. The van der Waals surface area contributed by atoms with E-state index in [2.05, 4.69) is 20.3 Å². The van der Waals surface area contributed by atoms with Crippen molar-refractivity contribution in [2.45, 2.75) is 6.54 Å². The van der Waals surface area contributed by atoms with Gasteiger partial charge in [-0.3, -0.25) is 19.1 Å². The molecule has 0 unspecified atom stereocenters. The first-order valence-electron chi connectivity index (χ1n) is 7.95. The van der Waals surface area contributed by atoms with Crippen LogP contribution in [0.25, 0.3) is 22.7 Å². The molecular formula is C18H13N5O3S. The number of carbonyl (C=O) groups excluding carboxylic acids is 1. The van der Waals surface area contributed by atoms with Gasteiger partial charge in [0, 0.05) is 29.4 Å². The molecule has 8 nitrogen and oxygen atoms in total. The molecule has 4 rings (SSSR count). The third kappa shape index (κ3) is 3.82. The summed E-state index contributed by atoms with van der Waals surface area (Å²) in [6.45, 7) is -0.161. The van der Waals surface area contributed by atoms with E-state index < -0.39 is 0 Å². The Morgan fingerprint density at radius 2 is 2.19 bits per heavy atom. The van der Waals surface area contributed by atoms with E-state index in [0.29, 0.717) is 16.6 Å². The van der Waals surface area contributed by atoms with Crippen molar-refractivity contribution in [3.8, 4) is 22.7 Å². The van der Waals surface area contributed by atoms with E-state index in [4.69, 9.17) is 4.42 Å². The Bertz CT molecular complexity index is 1120. The number of nitrogens with one attached hydrogen (secondary N) is 1. The van der Waals surface area contributed by atoms with Gasteiger partial charge < -0.3 is 9.73 Å². The van der Waals surface area contributed by atoms with Crippen LogP contribution in [0.4, 0.5) is 5.13 Å². The third-order valence-electron chi connectivity index (χ3n) is 3.67. The van der Waals surface area contributed by atoms with Crippen LogP contribution in [0.5, 0.6) is 0 Å². The van der Waals surface area contributed by atoms with E-state index in [9.17, 15) is 9.59 Å². The number of hydrogen-bond acceptors (Lipinski definition) is 7. The number of nitrogens with zero attached hydrogens (tertiary/aromatic N) is 4. The SMILES string of the molecule is O=C(Cn1cnc(-c2ccco2)cc1=O)Nc1nc(-c2cccnc2)cs1. The molecule has 0 aliphatic carbocycles. The Labute approximate surface area is 157 Å². The minimum absolute atomic E-state index is 0.161. The molecule has 0 radical (unpaired) electrons. The highest BCUT2D eigenvalue weighted by molar-refractivity contribution is 7.14. The smallest absolute Gasteiger partial charge is 0.254 e. The first kappa shape index (κ1) is 16.9. The average molecular weight is 379 g/mol. The van der Waals surface area contributed by atoms with Crippen LogP contribution in [0.3, 0.4) is 0 Å². The average Bonchev–Trinajstić information content (AvgIpc) is 3.36. The molecule has 0 aliphatic heterocycles. The summed E-state index contributed by atoms with van der Waals surface area (Å²) in [5.41, 5.74) is 1.66. The zero-order chi connectivity index (χ0) is 18.6. The van der Waals surface area contributed by atoms with Gasteiger partial charge in [0.25, 0.3) is 5.56 Å². The largest absolute Gasteiger partial charge is 0.463 e. The molecule has 0 saturated heterocycles. The molecule has 4 aromatic heterocycles. The first-order valence-corrected chi connectivity index (χ1v) is 8.83. The lowest BCUT2D eigenvalue weighted by Crippen LogP contribution is -2.27. The number of aromatic nitrogens is 4. The van der Waals surface area contributed by atoms with E-state index in [1.54, 1.807) is 24.5 Å². The molecule has 0 fully saturated rings. The normalized spacial score (nSPS) is 10.7. The van der Waals surface area contributed by atoms with Crippen LogP contribution in [0.2, 0.25) is 0 Å².